The minimum absolute atomic E-state index is 0.0193. The van der Waals surface area contributed by atoms with Gasteiger partial charge in [0.1, 0.15) is 12.4 Å². The Labute approximate surface area is 117 Å². The van der Waals surface area contributed by atoms with Crippen molar-refractivity contribution in [3.8, 4) is 5.75 Å². The van der Waals surface area contributed by atoms with Gasteiger partial charge in [0.25, 0.3) is 0 Å². The third-order valence-electron chi connectivity index (χ3n) is 2.79. The maximum Gasteiger partial charge on any atom is 0.509 e. The zero-order valence-corrected chi connectivity index (χ0v) is 12.4. The molecule has 1 aromatic rings. The van der Waals surface area contributed by atoms with Gasteiger partial charge < -0.3 is 17.7 Å². The SMILES string of the molecule is CC(C)(C)S(=O)(=O)CCOc1cccc([B-](F)(F)F)c1. The van der Waals surface area contributed by atoms with E-state index >= 15 is 0 Å². The van der Waals surface area contributed by atoms with E-state index in [9.17, 15) is 21.4 Å². The average Bonchev–Trinajstić information content (AvgIpc) is 2.26. The Balaban J connectivity index is 2.69. The molecule has 8 heteroatoms. The Kier molecular flexibility index (Phi) is 4.79. The Morgan fingerprint density at radius 3 is 2.30 bits per heavy atom. The first-order valence-corrected chi connectivity index (χ1v) is 7.74. The van der Waals surface area contributed by atoms with Crippen molar-refractivity contribution in [1.29, 1.82) is 0 Å². The van der Waals surface area contributed by atoms with Crippen LogP contribution in [-0.4, -0.2) is 32.5 Å². The molecule has 3 nitrogen and oxygen atoms in total. The minimum Gasteiger partial charge on any atom is -0.493 e. The lowest BCUT2D eigenvalue weighted by molar-refractivity contribution is 0.339. The van der Waals surface area contributed by atoms with Gasteiger partial charge in [-0.1, -0.05) is 12.1 Å². The fourth-order valence-corrected chi connectivity index (χ4v) is 2.30. The van der Waals surface area contributed by atoms with Gasteiger partial charge in [-0.05, 0) is 32.9 Å². The number of benzene rings is 1. The lowest BCUT2D eigenvalue weighted by Gasteiger charge is -2.19. The van der Waals surface area contributed by atoms with E-state index in [1.165, 1.54) is 12.1 Å². The van der Waals surface area contributed by atoms with Crippen LogP contribution >= 0.6 is 0 Å². The van der Waals surface area contributed by atoms with Gasteiger partial charge in [0.05, 0.1) is 10.5 Å². The van der Waals surface area contributed by atoms with Gasteiger partial charge in [-0.2, -0.15) is 0 Å². The van der Waals surface area contributed by atoms with Crippen LogP contribution in [0.3, 0.4) is 0 Å². The van der Waals surface area contributed by atoms with Crippen molar-refractivity contribution in [2.75, 3.05) is 12.4 Å². The second-order valence-electron chi connectivity index (χ2n) is 5.43. The third kappa shape index (κ3) is 4.43. The van der Waals surface area contributed by atoms with Crippen LogP contribution in [0, 0.1) is 0 Å². The maximum atomic E-state index is 12.5. The molecule has 0 aliphatic carbocycles. The first-order chi connectivity index (χ1) is 8.93. The summed E-state index contributed by atoms with van der Waals surface area (Å²) in [4.78, 5) is 0. The number of halogens is 3. The van der Waals surface area contributed by atoms with Gasteiger partial charge in [0, 0.05) is 0 Å². The van der Waals surface area contributed by atoms with E-state index in [1.54, 1.807) is 20.8 Å². The summed E-state index contributed by atoms with van der Waals surface area (Å²) in [6.07, 6.45) is 0. The molecule has 0 atom stereocenters. The van der Waals surface area contributed by atoms with Crippen LogP contribution in [0.5, 0.6) is 5.75 Å². The highest BCUT2D eigenvalue weighted by Crippen LogP contribution is 2.17. The summed E-state index contributed by atoms with van der Waals surface area (Å²) in [5.74, 6) is -0.219. The smallest absolute Gasteiger partial charge is 0.493 e. The van der Waals surface area contributed by atoms with Crippen molar-refractivity contribution in [2.45, 2.75) is 25.5 Å². The van der Waals surface area contributed by atoms with Crippen LogP contribution < -0.4 is 10.2 Å². The van der Waals surface area contributed by atoms with Crippen LogP contribution in [0.2, 0.25) is 0 Å². The first kappa shape index (κ1) is 16.9. The predicted octanol–water partition coefficient (Wildman–Crippen LogP) is 2.33. The van der Waals surface area contributed by atoms with Crippen LogP contribution in [0.1, 0.15) is 20.8 Å². The van der Waals surface area contributed by atoms with Crippen LogP contribution in [0.25, 0.3) is 0 Å². The van der Waals surface area contributed by atoms with Crippen molar-refractivity contribution < 1.29 is 26.1 Å². The van der Waals surface area contributed by atoms with E-state index in [2.05, 4.69) is 0 Å². The summed E-state index contributed by atoms with van der Waals surface area (Å²) in [7, 11) is -3.35. The summed E-state index contributed by atoms with van der Waals surface area (Å²) in [6.45, 7) is -0.566. The van der Waals surface area contributed by atoms with E-state index in [0.717, 1.165) is 12.1 Å². The molecule has 0 saturated carbocycles. The number of hydrogen-bond acceptors (Lipinski definition) is 3. The van der Waals surface area contributed by atoms with Crippen molar-refractivity contribution in [3.63, 3.8) is 0 Å². The number of ether oxygens (including phenoxy) is 1. The summed E-state index contributed by atoms with van der Waals surface area (Å²) in [5.41, 5.74) is -0.763. The molecular weight excluding hydrogens is 292 g/mol. The number of rotatable bonds is 5. The standard InChI is InChI=1S/C12H17BF3O3S/c1-12(2,3)20(17,18)8-7-19-11-6-4-5-10(9-11)13(14,15)16/h4-6,9H,7-8H2,1-3H3/q-1. The second kappa shape index (κ2) is 5.67. The van der Waals surface area contributed by atoms with Gasteiger partial charge in [-0.3, -0.25) is 0 Å². The van der Waals surface area contributed by atoms with Crippen molar-refractivity contribution in [1.82, 2.24) is 0 Å². The summed E-state index contributed by atoms with van der Waals surface area (Å²) in [6, 6.07) is 4.44. The molecule has 0 saturated heterocycles. The fourth-order valence-electron chi connectivity index (χ4n) is 1.38. The largest absolute Gasteiger partial charge is 0.509 e. The fraction of sp³-hybridized carbons (Fsp3) is 0.500. The molecule has 0 unspecified atom stereocenters. The van der Waals surface area contributed by atoms with Gasteiger partial charge in [0.2, 0.25) is 0 Å². The molecule has 0 aliphatic heterocycles. The number of sulfone groups is 1. The molecule has 0 spiro atoms. The summed E-state index contributed by atoms with van der Waals surface area (Å²) in [5, 5.41) is 0. The van der Waals surface area contributed by atoms with E-state index in [4.69, 9.17) is 4.74 Å². The highest BCUT2D eigenvalue weighted by molar-refractivity contribution is 7.92. The predicted molar refractivity (Wildman–Crippen MR) is 74.2 cm³/mol. The topological polar surface area (TPSA) is 43.4 Å². The number of hydrogen-bond donors (Lipinski definition) is 0. The average molecular weight is 309 g/mol. The zero-order valence-electron chi connectivity index (χ0n) is 11.6. The van der Waals surface area contributed by atoms with E-state index in [0.29, 0.717) is 0 Å². The Morgan fingerprint density at radius 2 is 1.80 bits per heavy atom. The van der Waals surface area contributed by atoms with Crippen molar-refractivity contribution in [2.24, 2.45) is 0 Å². The molecule has 0 aromatic heterocycles. The lowest BCUT2D eigenvalue weighted by Crippen LogP contribution is -2.34. The molecule has 0 heterocycles. The molecule has 0 aliphatic rings. The molecule has 1 rings (SSSR count). The van der Waals surface area contributed by atoms with Crippen molar-refractivity contribution in [3.05, 3.63) is 24.3 Å². The zero-order chi connectivity index (χ0) is 15.6. The molecule has 1 aromatic carbocycles. The van der Waals surface area contributed by atoms with E-state index in [1.807, 2.05) is 0 Å². The summed E-state index contributed by atoms with van der Waals surface area (Å²) >= 11 is 0. The lowest BCUT2D eigenvalue weighted by atomic mass is 9.80. The quantitative estimate of drug-likeness (QED) is 0.784. The maximum absolute atomic E-state index is 12.5. The minimum atomic E-state index is -5.09. The second-order valence-corrected chi connectivity index (χ2v) is 8.29. The Bertz CT molecular complexity index is 562. The van der Waals surface area contributed by atoms with Gasteiger partial charge >= 0.3 is 6.98 Å². The van der Waals surface area contributed by atoms with Crippen molar-refractivity contribution >= 4 is 22.3 Å². The Hall–Kier alpha value is -1.18. The van der Waals surface area contributed by atoms with E-state index < -0.39 is 27.0 Å². The first-order valence-electron chi connectivity index (χ1n) is 6.08. The molecule has 0 fully saturated rings. The molecule has 0 radical (unpaired) electrons. The summed E-state index contributed by atoms with van der Waals surface area (Å²) < 4.78 is 65.5. The molecule has 20 heavy (non-hydrogen) atoms. The van der Waals surface area contributed by atoms with Crippen LogP contribution in [0.15, 0.2) is 24.3 Å². The van der Waals surface area contributed by atoms with E-state index in [-0.39, 0.29) is 18.1 Å². The monoisotopic (exact) mass is 309 g/mol. The molecule has 0 bridgehead atoms. The van der Waals surface area contributed by atoms with Gasteiger partial charge in [-0.15, -0.1) is 5.46 Å². The molecule has 114 valence electrons. The van der Waals surface area contributed by atoms with Gasteiger partial charge in [-0.25, -0.2) is 8.42 Å². The molecule has 0 N–H and O–H groups in total. The highest BCUT2D eigenvalue weighted by atomic mass is 32.2. The van der Waals surface area contributed by atoms with Gasteiger partial charge in [0.15, 0.2) is 9.84 Å². The highest BCUT2D eigenvalue weighted by Gasteiger charge is 2.29. The molecular formula is C12H17BF3O3S-. The molecule has 0 amide bonds. The van der Waals surface area contributed by atoms with Crippen LogP contribution in [0.4, 0.5) is 12.9 Å². The Morgan fingerprint density at radius 1 is 1.20 bits per heavy atom. The normalized spacial score (nSPS) is 13.3. The van der Waals surface area contributed by atoms with Crippen LogP contribution in [-0.2, 0) is 9.84 Å². The third-order valence-corrected chi connectivity index (χ3v) is 5.36.